The molecule has 0 saturated carbocycles. The third-order valence-electron chi connectivity index (χ3n) is 5.67. The van der Waals surface area contributed by atoms with Crippen LogP contribution in [-0.2, 0) is 25.1 Å². The molecule has 2 amide bonds. The Morgan fingerprint density at radius 3 is 2.05 bits per heavy atom. The number of carbonyl (C=O) groups is 3. The lowest BCUT2D eigenvalue weighted by molar-refractivity contribution is -0.385. The van der Waals surface area contributed by atoms with Gasteiger partial charge in [0, 0.05) is 33.7 Å². The minimum Gasteiger partial charge on any atom is -0.478 e. The number of carboxylic acids is 1. The van der Waals surface area contributed by atoms with Crippen LogP contribution in [0.3, 0.4) is 0 Å². The van der Waals surface area contributed by atoms with Crippen LogP contribution in [-0.4, -0.2) is 36.4 Å². The molecule has 0 aromatic heterocycles. The van der Waals surface area contributed by atoms with Crippen LogP contribution in [0.1, 0.15) is 38.7 Å². The zero-order chi connectivity index (χ0) is 32.2. The van der Waals surface area contributed by atoms with Crippen LogP contribution in [0, 0.1) is 46.1 Å². The number of alkyl carbamates (subject to hydrolysis) is 1. The number of imide groups is 1. The summed E-state index contributed by atoms with van der Waals surface area (Å²) in [7, 11) is -4.58. The minimum atomic E-state index is -4.58. The Morgan fingerprint density at radius 1 is 0.977 bits per heavy atom. The van der Waals surface area contributed by atoms with E-state index in [1.807, 2.05) is 0 Å². The van der Waals surface area contributed by atoms with Crippen molar-refractivity contribution in [1.29, 1.82) is 0 Å². The van der Waals surface area contributed by atoms with Crippen molar-refractivity contribution < 1.29 is 59.5 Å². The molecule has 0 aliphatic carbocycles. The van der Waals surface area contributed by atoms with Crippen LogP contribution < -0.4 is 5.32 Å². The normalized spacial score (nSPS) is 12.1. The summed E-state index contributed by atoms with van der Waals surface area (Å²) < 4.78 is 97.0. The van der Waals surface area contributed by atoms with Crippen molar-refractivity contribution in [3.05, 3.63) is 115 Å². The van der Waals surface area contributed by atoms with Gasteiger partial charge < -0.3 is 9.84 Å². The van der Waals surface area contributed by atoms with E-state index in [4.69, 9.17) is 4.74 Å². The number of hydrogen-bond acceptors (Lipinski definition) is 8. The summed E-state index contributed by atoms with van der Waals surface area (Å²) in [6.07, 6.45) is -2.54. The summed E-state index contributed by atoms with van der Waals surface area (Å²) in [6, 6.07) is 7.75. The monoisotopic (exact) mass is 628 g/mol. The number of carbonyl (C=O) groups excluding carboxylic acids is 2. The molecule has 43 heavy (non-hydrogen) atoms. The summed E-state index contributed by atoms with van der Waals surface area (Å²) in [4.78, 5) is 46.4. The number of rotatable bonds is 9. The first-order chi connectivity index (χ1) is 20.0. The number of nitrogens with one attached hydrogen (secondary N) is 1. The van der Waals surface area contributed by atoms with Crippen molar-refractivity contribution in [3.63, 3.8) is 0 Å². The molecule has 0 fully saturated rings. The maximum atomic E-state index is 13.8. The lowest BCUT2D eigenvalue weighted by Gasteiger charge is -2.14. The number of aliphatic carboxylic acids is 1. The van der Waals surface area contributed by atoms with Crippen molar-refractivity contribution >= 4 is 39.6 Å². The number of nitro benzene ring substituents is 1. The van der Waals surface area contributed by atoms with Gasteiger partial charge in [-0.1, -0.05) is 24.3 Å². The molecule has 0 radical (unpaired) electrons. The number of halogens is 5. The van der Waals surface area contributed by atoms with Crippen LogP contribution in [0.25, 0.3) is 6.08 Å². The Hall–Kier alpha value is -5.19. The Morgan fingerprint density at radius 2 is 1.53 bits per heavy atom. The lowest BCUT2D eigenvalue weighted by Crippen LogP contribution is -2.33. The quantitative estimate of drug-likeness (QED) is 0.110. The first-order valence-electron chi connectivity index (χ1n) is 11.5. The molecule has 0 aliphatic heterocycles. The largest absolute Gasteiger partial charge is 0.478 e. The zero-order valence-corrected chi connectivity index (χ0v) is 22.3. The first kappa shape index (κ1) is 32.3. The third-order valence-corrected chi connectivity index (χ3v) is 6.92. The van der Waals surface area contributed by atoms with Gasteiger partial charge in [-0.2, -0.15) is 0 Å². The molecule has 0 aliphatic rings. The second-order valence-corrected chi connectivity index (χ2v) is 10.5. The summed E-state index contributed by atoms with van der Waals surface area (Å²) >= 11 is 0. The molecule has 17 heteroatoms. The minimum absolute atomic E-state index is 0.0713. The van der Waals surface area contributed by atoms with E-state index in [1.54, 1.807) is 5.32 Å². The van der Waals surface area contributed by atoms with Gasteiger partial charge >= 0.3 is 12.1 Å². The van der Waals surface area contributed by atoms with Crippen molar-refractivity contribution in [1.82, 2.24) is 5.32 Å². The predicted octanol–water partition coefficient (Wildman–Crippen LogP) is 4.88. The molecule has 226 valence electrons. The number of nitro groups is 1. The van der Waals surface area contributed by atoms with Crippen molar-refractivity contribution in [2.45, 2.75) is 18.8 Å². The van der Waals surface area contributed by atoms with E-state index < -0.39 is 79.2 Å². The summed E-state index contributed by atoms with van der Waals surface area (Å²) in [6.45, 7) is 1.36. The molecule has 3 aromatic carbocycles. The topological polar surface area (TPSA) is 170 Å². The van der Waals surface area contributed by atoms with Crippen molar-refractivity contribution in [2.75, 3.05) is 0 Å². The highest BCUT2D eigenvalue weighted by atomic mass is 32.2. The van der Waals surface area contributed by atoms with E-state index >= 15 is 0 Å². The average Bonchev–Trinajstić information content (AvgIpc) is 2.95. The van der Waals surface area contributed by atoms with Gasteiger partial charge in [0.2, 0.25) is 11.9 Å². The van der Waals surface area contributed by atoms with Gasteiger partial charge in [0.25, 0.3) is 11.6 Å². The van der Waals surface area contributed by atoms with Crippen molar-refractivity contribution in [2.24, 2.45) is 0 Å². The summed E-state index contributed by atoms with van der Waals surface area (Å²) in [5.74, 6) is -15.9. The number of carboxylic acid groups (broad SMARTS) is 1. The van der Waals surface area contributed by atoms with E-state index in [9.17, 15) is 60.0 Å². The number of amides is 2. The number of sulfone groups is 1. The fourth-order valence-corrected chi connectivity index (χ4v) is 4.67. The molecule has 0 spiro atoms. The Balaban J connectivity index is 1.71. The standard InChI is InChI=1S/C26H17F5N2O9S/c1-12-10-15(6-7-17(12)33(38)39)24(34)32-26(37)42-23(25(35)36)14-4-2-13(3-5-14)8-9-43(40,41)11-16-18(27)20(29)22(31)21(30)19(16)28/h2-10,23H,11H2,1H3,(H,35,36)(H,32,34,37). The van der Waals surface area contributed by atoms with Crippen LogP contribution in [0.2, 0.25) is 0 Å². The molecular formula is C26H17F5N2O9S. The van der Waals surface area contributed by atoms with Crippen molar-refractivity contribution in [3.8, 4) is 0 Å². The Labute approximate surface area is 238 Å². The Kier molecular flexibility index (Phi) is 9.60. The van der Waals surface area contributed by atoms with E-state index in [1.165, 1.54) is 6.92 Å². The molecule has 0 saturated heterocycles. The van der Waals surface area contributed by atoms with Gasteiger partial charge in [-0.25, -0.2) is 40.0 Å². The number of ether oxygens (including phenoxy) is 1. The molecule has 2 N–H and O–H groups in total. The average molecular weight is 628 g/mol. The van der Waals surface area contributed by atoms with Crippen LogP contribution in [0.4, 0.5) is 32.4 Å². The maximum Gasteiger partial charge on any atom is 0.415 e. The predicted molar refractivity (Wildman–Crippen MR) is 136 cm³/mol. The molecule has 0 bridgehead atoms. The molecule has 3 aromatic rings. The highest BCUT2D eigenvalue weighted by molar-refractivity contribution is 7.93. The number of aryl methyl sites for hydroxylation is 1. The third kappa shape index (κ3) is 7.56. The lowest BCUT2D eigenvalue weighted by atomic mass is 10.1. The Bertz CT molecular complexity index is 1750. The summed E-state index contributed by atoms with van der Waals surface area (Å²) in [5, 5.41) is 22.6. The van der Waals surface area contributed by atoms with Gasteiger partial charge in [0.15, 0.2) is 33.1 Å². The van der Waals surface area contributed by atoms with Gasteiger partial charge in [0.1, 0.15) is 0 Å². The molecule has 1 unspecified atom stereocenters. The SMILES string of the molecule is Cc1cc(C(=O)NC(=O)OC(C(=O)O)c2ccc(C=CS(=O)(=O)Cc3c(F)c(F)c(F)c(F)c3F)cc2)ccc1[N+](=O)[O-]. The van der Waals surface area contributed by atoms with E-state index in [0.29, 0.717) is 5.41 Å². The second kappa shape index (κ2) is 12.8. The van der Waals surface area contributed by atoms with Crippen LogP contribution >= 0.6 is 0 Å². The fraction of sp³-hybridized carbons (Fsp3) is 0.115. The van der Waals surface area contributed by atoms with Gasteiger partial charge in [0.05, 0.1) is 10.7 Å². The fourth-order valence-electron chi connectivity index (χ4n) is 3.55. The molecule has 1 atom stereocenters. The van der Waals surface area contributed by atoms with E-state index in [2.05, 4.69) is 0 Å². The van der Waals surface area contributed by atoms with Gasteiger partial charge in [-0.3, -0.25) is 20.2 Å². The zero-order valence-electron chi connectivity index (χ0n) is 21.4. The second-order valence-electron chi connectivity index (χ2n) is 8.66. The van der Waals surface area contributed by atoms with E-state index in [-0.39, 0.29) is 27.9 Å². The van der Waals surface area contributed by atoms with E-state index in [0.717, 1.165) is 48.5 Å². The van der Waals surface area contributed by atoms with Crippen LogP contribution in [0.15, 0.2) is 47.9 Å². The molecule has 3 rings (SSSR count). The maximum absolute atomic E-state index is 13.8. The first-order valence-corrected chi connectivity index (χ1v) is 13.2. The molecular weight excluding hydrogens is 611 g/mol. The van der Waals surface area contributed by atoms with Crippen LogP contribution in [0.5, 0.6) is 0 Å². The number of benzene rings is 3. The van der Waals surface area contributed by atoms with Gasteiger partial charge in [-0.05, 0) is 30.7 Å². The number of nitrogens with zero attached hydrogens (tertiary/aromatic N) is 1. The molecule has 0 heterocycles. The smallest absolute Gasteiger partial charge is 0.415 e. The highest BCUT2D eigenvalue weighted by Crippen LogP contribution is 2.26. The molecule has 11 nitrogen and oxygen atoms in total. The summed E-state index contributed by atoms with van der Waals surface area (Å²) in [5.41, 5.74) is -1.95. The van der Waals surface area contributed by atoms with Gasteiger partial charge in [-0.15, -0.1) is 0 Å². The highest BCUT2D eigenvalue weighted by Gasteiger charge is 2.28. The number of hydrogen-bond donors (Lipinski definition) is 2.